The van der Waals surface area contributed by atoms with Gasteiger partial charge >= 0.3 is 0 Å². The number of rotatable bonds is 3. The SMILES string of the molecule is CC(Br)COc1ccccc1. The molecule has 0 aliphatic carbocycles. The molecule has 0 fully saturated rings. The molecule has 11 heavy (non-hydrogen) atoms. The number of benzene rings is 1. The lowest BCUT2D eigenvalue weighted by Gasteiger charge is -2.06. The highest BCUT2D eigenvalue weighted by molar-refractivity contribution is 9.09. The van der Waals surface area contributed by atoms with E-state index in [0.717, 1.165) is 5.75 Å². The van der Waals surface area contributed by atoms with Crippen molar-refractivity contribution in [2.24, 2.45) is 0 Å². The monoisotopic (exact) mass is 214 g/mol. The molecule has 1 atom stereocenters. The van der Waals surface area contributed by atoms with Crippen molar-refractivity contribution in [1.29, 1.82) is 0 Å². The van der Waals surface area contributed by atoms with Crippen LogP contribution in [0.4, 0.5) is 0 Å². The molecule has 0 bridgehead atoms. The molecule has 0 spiro atoms. The van der Waals surface area contributed by atoms with Crippen LogP contribution >= 0.6 is 15.9 Å². The van der Waals surface area contributed by atoms with Gasteiger partial charge in [0, 0.05) is 4.83 Å². The number of alkyl halides is 1. The van der Waals surface area contributed by atoms with Crippen LogP contribution in [0.3, 0.4) is 0 Å². The highest BCUT2D eigenvalue weighted by Gasteiger charge is 1.95. The molecule has 1 aromatic carbocycles. The summed E-state index contributed by atoms with van der Waals surface area (Å²) in [5.74, 6) is 0.929. The predicted molar refractivity (Wildman–Crippen MR) is 50.3 cm³/mol. The van der Waals surface area contributed by atoms with Crippen LogP contribution in [-0.4, -0.2) is 11.4 Å². The van der Waals surface area contributed by atoms with Gasteiger partial charge in [0.15, 0.2) is 0 Å². The van der Waals surface area contributed by atoms with Gasteiger partial charge in [0.05, 0.1) is 0 Å². The zero-order valence-electron chi connectivity index (χ0n) is 6.46. The Labute approximate surface area is 75.5 Å². The van der Waals surface area contributed by atoms with Crippen molar-refractivity contribution >= 4 is 15.9 Å². The van der Waals surface area contributed by atoms with E-state index in [9.17, 15) is 0 Å². The standard InChI is InChI=1S/C9H11BrO/c1-8(10)7-11-9-5-3-2-4-6-9/h2-6,8H,7H2,1H3. The molecule has 2 heteroatoms. The predicted octanol–water partition coefficient (Wildman–Crippen LogP) is 2.85. The first-order valence-electron chi connectivity index (χ1n) is 3.61. The molecule has 60 valence electrons. The molecule has 1 aromatic rings. The molecule has 0 amide bonds. The lowest BCUT2D eigenvalue weighted by Crippen LogP contribution is -2.06. The van der Waals surface area contributed by atoms with Crippen LogP contribution < -0.4 is 4.74 Å². The summed E-state index contributed by atoms with van der Waals surface area (Å²) in [4.78, 5) is 0.405. The minimum atomic E-state index is 0.405. The summed E-state index contributed by atoms with van der Waals surface area (Å²) in [7, 11) is 0. The van der Waals surface area contributed by atoms with Crippen LogP contribution in [0.15, 0.2) is 30.3 Å². The third-order valence-corrected chi connectivity index (χ3v) is 1.49. The Kier molecular flexibility index (Phi) is 3.43. The molecule has 0 aliphatic heterocycles. The van der Waals surface area contributed by atoms with Gasteiger partial charge in [-0.05, 0) is 19.1 Å². The van der Waals surface area contributed by atoms with Crippen molar-refractivity contribution in [2.75, 3.05) is 6.61 Å². The van der Waals surface area contributed by atoms with Crippen molar-refractivity contribution in [3.8, 4) is 5.75 Å². The fourth-order valence-corrected chi connectivity index (χ4v) is 0.860. The minimum Gasteiger partial charge on any atom is -0.492 e. The second kappa shape index (κ2) is 4.39. The van der Waals surface area contributed by atoms with Crippen LogP contribution in [0.25, 0.3) is 0 Å². The van der Waals surface area contributed by atoms with Crippen molar-refractivity contribution in [1.82, 2.24) is 0 Å². The smallest absolute Gasteiger partial charge is 0.119 e. The fourth-order valence-electron chi connectivity index (χ4n) is 0.728. The summed E-state index contributed by atoms with van der Waals surface area (Å²) in [6, 6.07) is 9.82. The molecule has 0 aromatic heterocycles. The molecule has 0 heterocycles. The number of hydrogen-bond acceptors (Lipinski definition) is 1. The van der Waals surface area contributed by atoms with Crippen LogP contribution in [0, 0.1) is 0 Å². The second-order valence-corrected chi connectivity index (χ2v) is 3.97. The van der Waals surface area contributed by atoms with Gasteiger partial charge in [-0.25, -0.2) is 0 Å². The van der Waals surface area contributed by atoms with Gasteiger partial charge in [-0.1, -0.05) is 34.1 Å². The van der Waals surface area contributed by atoms with E-state index in [4.69, 9.17) is 4.74 Å². The van der Waals surface area contributed by atoms with Gasteiger partial charge in [0.1, 0.15) is 12.4 Å². The summed E-state index contributed by atoms with van der Waals surface area (Å²) in [6.45, 7) is 2.77. The van der Waals surface area contributed by atoms with Crippen LogP contribution in [0.2, 0.25) is 0 Å². The molecule has 1 nitrogen and oxygen atoms in total. The Hall–Kier alpha value is -0.500. The topological polar surface area (TPSA) is 9.23 Å². The molecule has 0 saturated carbocycles. The maximum atomic E-state index is 5.42. The first kappa shape index (κ1) is 8.60. The van der Waals surface area contributed by atoms with E-state index < -0.39 is 0 Å². The quantitative estimate of drug-likeness (QED) is 0.704. The Morgan fingerprint density at radius 3 is 2.55 bits per heavy atom. The Morgan fingerprint density at radius 2 is 2.00 bits per heavy atom. The summed E-state index contributed by atoms with van der Waals surface area (Å²) >= 11 is 3.41. The lowest BCUT2D eigenvalue weighted by atomic mass is 10.3. The maximum absolute atomic E-state index is 5.42. The van der Waals surface area contributed by atoms with Gasteiger partial charge in [-0.3, -0.25) is 0 Å². The average molecular weight is 215 g/mol. The lowest BCUT2D eigenvalue weighted by molar-refractivity contribution is 0.324. The maximum Gasteiger partial charge on any atom is 0.119 e. The minimum absolute atomic E-state index is 0.405. The summed E-state index contributed by atoms with van der Waals surface area (Å²) in [5.41, 5.74) is 0. The second-order valence-electron chi connectivity index (χ2n) is 2.40. The van der Waals surface area contributed by atoms with Crippen LogP contribution in [0.1, 0.15) is 6.92 Å². The summed E-state index contributed by atoms with van der Waals surface area (Å²) in [5, 5.41) is 0. The number of para-hydroxylation sites is 1. The van der Waals surface area contributed by atoms with E-state index in [0.29, 0.717) is 11.4 Å². The Bertz CT molecular complexity index is 196. The van der Waals surface area contributed by atoms with Gasteiger partial charge in [-0.2, -0.15) is 0 Å². The zero-order chi connectivity index (χ0) is 8.10. The summed E-state index contributed by atoms with van der Waals surface area (Å²) < 4.78 is 5.42. The molecule has 1 rings (SSSR count). The summed E-state index contributed by atoms with van der Waals surface area (Å²) in [6.07, 6.45) is 0. The average Bonchev–Trinajstić information content (AvgIpc) is 2.03. The third kappa shape index (κ3) is 3.42. The highest BCUT2D eigenvalue weighted by atomic mass is 79.9. The van der Waals surface area contributed by atoms with Gasteiger partial charge < -0.3 is 4.74 Å². The Balaban J connectivity index is 2.39. The first-order valence-corrected chi connectivity index (χ1v) is 4.52. The first-order chi connectivity index (χ1) is 5.29. The fraction of sp³-hybridized carbons (Fsp3) is 0.333. The van der Waals surface area contributed by atoms with Crippen molar-refractivity contribution in [2.45, 2.75) is 11.8 Å². The van der Waals surface area contributed by atoms with E-state index in [2.05, 4.69) is 22.9 Å². The molecule has 0 N–H and O–H groups in total. The van der Waals surface area contributed by atoms with Gasteiger partial charge in [0.25, 0.3) is 0 Å². The van der Waals surface area contributed by atoms with E-state index in [1.165, 1.54) is 0 Å². The van der Waals surface area contributed by atoms with Crippen LogP contribution in [-0.2, 0) is 0 Å². The largest absolute Gasteiger partial charge is 0.492 e. The highest BCUT2D eigenvalue weighted by Crippen LogP contribution is 2.09. The molecule has 0 aliphatic rings. The molecular weight excluding hydrogens is 204 g/mol. The number of hydrogen-bond donors (Lipinski definition) is 0. The normalized spacial score (nSPS) is 12.5. The molecule has 1 unspecified atom stereocenters. The number of halogens is 1. The van der Waals surface area contributed by atoms with Crippen molar-refractivity contribution < 1.29 is 4.74 Å². The van der Waals surface area contributed by atoms with Crippen molar-refractivity contribution in [3.63, 3.8) is 0 Å². The van der Waals surface area contributed by atoms with Crippen LogP contribution in [0.5, 0.6) is 5.75 Å². The van der Waals surface area contributed by atoms with E-state index in [1.54, 1.807) is 0 Å². The van der Waals surface area contributed by atoms with Gasteiger partial charge in [-0.15, -0.1) is 0 Å². The van der Waals surface area contributed by atoms with E-state index in [-0.39, 0.29) is 0 Å². The third-order valence-electron chi connectivity index (χ3n) is 1.22. The molecule has 0 saturated heterocycles. The van der Waals surface area contributed by atoms with E-state index >= 15 is 0 Å². The Morgan fingerprint density at radius 1 is 1.36 bits per heavy atom. The van der Waals surface area contributed by atoms with E-state index in [1.807, 2.05) is 30.3 Å². The van der Waals surface area contributed by atoms with Crippen molar-refractivity contribution in [3.05, 3.63) is 30.3 Å². The molecule has 0 radical (unpaired) electrons. The van der Waals surface area contributed by atoms with Gasteiger partial charge in [0.2, 0.25) is 0 Å². The zero-order valence-corrected chi connectivity index (χ0v) is 8.04. The molecular formula is C9H11BrO. The number of ether oxygens (including phenoxy) is 1.